The van der Waals surface area contributed by atoms with E-state index >= 15 is 0 Å². The average molecular weight is 593 g/mol. The minimum absolute atomic E-state index is 0.0676. The summed E-state index contributed by atoms with van der Waals surface area (Å²) in [5.41, 5.74) is 2.87. The molecule has 246 valence electrons. The van der Waals surface area contributed by atoms with Gasteiger partial charge in [0.25, 0.3) is 0 Å². The van der Waals surface area contributed by atoms with E-state index in [2.05, 4.69) is 64.2 Å². The zero-order chi connectivity index (χ0) is 33.1. The van der Waals surface area contributed by atoms with Crippen LogP contribution in [0.5, 0.6) is 0 Å². The lowest BCUT2D eigenvalue weighted by Gasteiger charge is -2.42. The van der Waals surface area contributed by atoms with Crippen LogP contribution in [-0.2, 0) is 19.1 Å². The number of nitrogens with zero attached hydrogens (tertiary/aromatic N) is 1. The Bertz CT molecular complexity index is 802. The van der Waals surface area contributed by atoms with Crippen LogP contribution in [0.1, 0.15) is 134 Å². The molecule has 0 heterocycles. The third-order valence-electron chi connectivity index (χ3n) is 7.96. The van der Waals surface area contributed by atoms with Crippen LogP contribution in [0.25, 0.3) is 0 Å². The molecule has 2 amide bonds. The molecule has 0 saturated heterocycles. The Morgan fingerprint density at radius 3 is 2.12 bits per heavy atom. The number of likely N-dealkylation sites (N-methyl/N-ethyl adjacent to an activating group) is 1. The molecular formula is C36H68N2O4. The second kappa shape index (κ2) is 27.5. The van der Waals surface area contributed by atoms with Crippen molar-refractivity contribution in [1.82, 2.24) is 10.2 Å². The van der Waals surface area contributed by atoms with Gasteiger partial charge in [-0.2, -0.15) is 0 Å². The highest BCUT2D eigenvalue weighted by atomic mass is 16.5. The molecule has 1 aliphatic carbocycles. The zero-order valence-electron chi connectivity index (χ0n) is 29.8. The summed E-state index contributed by atoms with van der Waals surface area (Å²) >= 11 is 0. The van der Waals surface area contributed by atoms with Gasteiger partial charge in [0.15, 0.2) is 0 Å². The molecule has 0 spiro atoms. The molecule has 0 aromatic rings. The van der Waals surface area contributed by atoms with Gasteiger partial charge in [-0.3, -0.25) is 14.4 Å². The molecule has 2 unspecified atom stereocenters. The second-order valence-corrected chi connectivity index (χ2v) is 10.8. The molecule has 1 rings (SSSR count). The van der Waals surface area contributed by atoms with Crippen LogP contribution in [0.3, 0.4) is 0 Å². The Balaban J connectivity index is -0.00000119. The van der Waals surface area contributed by atoms with Crippen molar-refractivity contribution < 1.29 is 19.1 Å². The van der Waals surface area contributed by atoms with Crippen LogP contribution in [0.4, 0.5) is 0 Å². The molecule has 0 aromatic heterocycles. The predicted octanol–water partition coefficient (Wildman–Crippen LogP) is 9.06. The van der Waals surface area contributed by atoms with Crippen molar-refractivity contribution in [1.29, 1.82) is 0 Å². The fraction of sp³-hybridized carbons (Fsp3) is 0.750. The Morgan fingerprint density at radius 2 is 1.69 bits per heavy atom. The SMILES string of the molecule is C/C=C/CC1(CC/C(C)=C/C)CC[C@H](OC(C)=O)CC(/C(=C/CC)CN(C)C=O)[C@@H]1C.CC.CC.CCCC(=O)NC. The summed E-state index contributed by atoms with van der Waals surface area (Å²) in [6.45, 7) is 23.1. The lowest BCUT2D eigenvalue weighted by atomic mass is 9.63. The van der Waals surface area contributed by atoms with Crippen LogP contribution in [0.15, 0.2) is 35.5 Å². The fourth-order valence-electron chi connectivity index (χ4n) is 5.48. The van der Waals surface area contributed by atoms with Crippen LogP contribution in [-0.4, -0.2) is 49.9 Å². The van der Waals surface area contributed by atoms with Gasteiger partial charge in [0.1, 0.15) is 6.10 Å². The maximum absolute atomic E-state index is 11.8. The summed E-state index contributed by atoms with van der Waals surface area (Å²) in [6.07, 6.45) is 18.3. The van der Waals surface area contributed by atoms with E-state index in [1.165, 1.54) is 18.1 Å². The van der Waals surface area contributed by atoms with E-state index in [4.69, 9.17) is 4.74 Å². The van der Waals surface area contributed by atoms with Gasteiger partial charge in [-0.25, -0.2) is 0 Å². The van der Waals surface area contributed by atoms with E-state index in [0.29, 0.717) is 18.9 Å². The Hall–Kier alpha value is -2.37. The minimum Gasteiger partial charge on any atom is -0.463 e. The van der Waals surface area contributed by atoms with E-state index in [-0.39, 0.29) is 29.3 Å². The quantitative estimate of drug-likeness (QED) is 0.100. The highest BCUT2D eigenvalue weighted by molar-refractivity contribution is 5.75. The van der Waals surface area contributed by atoms with E-state index in [0.717, 1.165) is 57.8 Å². The zero-order valence-corrected chi connectivity index (χ0v) is 29.8. The van der Waals surface area contributed by atoms with E-state index in [9.17, 15) is 14.4 Å². The van der Waals surface area contributed by atoms with Gasteiger partial charge in [0.05, 0.1) is 0 Å². The Labute approximate surface area is 260 Å². The standard InChI is InChI=1S/C27H45NO3.C5H11NO.2C2H6/c1-8-11-15-27(16-13-21(4)10-3)17-14-25(31-23(6)30)18-26(22(27)5)24(12-9-2)19-28(7)20-29;1-3-4-5(7)6-2;2*1-2/h8,10-12,20,22,25-26H,9,13-19H2,1-7H3;3-4H2,1-2H3,(H,6,7);2*1-2H3/b11-8+,21-10+,24-12+;;;/t22-,25-,26?,27?;;;/m0.../s1. The fourth-order valence-corrected chi connectivity index (χ4v) is 5.48. The smallest absolute Gasteiger partial charge is 0.302 e. The highest BCUT2D eigenvalue weighted by Gasteiger charge is 2.44. The lowest BCUT2D eigenvalue weighted by Crippen LogP contribution is -2.35. The first-order chi connectivity index (χ1) is 20.0. The summed E-state index contributed by atoms with van der Waals surface area (Å²) in [6, 6.07) is 0. The third kappa shape index (κ3) is 18.2. The first kappa shape index (κ1) is 44.1. The molecule has 4 atom stereocenters. The molecule has 0 aromatic carbocycles. The van der Waals surface area contributed by atoms with Gasteiger partial charge in [0.2, 0.25) is 12.3 Å². The first-order valence-electron chi connectivity index (χ1n) is 16.5. The van der Waals surface area contributed by atoms with Gasteiger partial charge in [0, 0.05) is 34.0 Å². The number of ether oxygens (including phenoxy) is 1. The largest absolute Gasteiger partial charge is 0.463 e. The number of amides is 2. The van der Waals surface area contributed by atoms with Crippen molar-refractivity contribution in [3.05, 3.63) is 35.5 Å². The van der Waals surface area contributed by atoms with Crippen molar-refractivity contribution in [2.45, 2.75) is 140 Å². The number of nitrogens with one attached hydrogen (secondary N) is 1. The van der Waals surface area contributed by atoms with E-state index in [1.54, 1.807) is 11.9 Å². The topological polar surface area (TPSA) is 75.7 Å². The van der Waals surface area contributed by atoms with Gasteiger partial charge in [-0.05, 0) is 89.4 Å². The number of esters is 1. The van der Waals surface area contributed by atoms with E-state index < -0.39 is 0 Å². The van der Waals surface area contributed by atoms with Gasteiger partial charge in [-0.15, -0.1) is 0 Å². The first-order valence-corrected chi connectivity index (χ1v) is 16.5. The third-order valence-corrected chi connectivity index (χ3v) is 7.96. The van der Waals surface area contributed by atoms with Crippen LogP contribution in [0.2, 0.25) is 0 Å². The average Bonchev–Trinajstić information content (AvgIpc) is 3.13. The van der Waals surface area contributed by atoms with Crippen LogP contribution in [0, 0.1) is 17.3 Å². The number of rotatable bonds is 13. The number of allylic oxidation sites excluding steroid dienone is 5. The Morgan fingerprint density at radius 1 is 1.07 bits per heavy atom. The molecule has 1 aliphatic rings. The van der Waals surface area contributed by atoms with Crippen molar-refractivity contribution in [2.24, 2.45) is 17.3 Å². The van der Waals surface area contributed by atoms with Gasteiger partial charge < -0.3 is 15.0 Å². The highest BCUT2D eigenvalue weighted by Crippen LogP contribution is 2.51. The molecule has 42 heavy (non-hydrogen) atoms. The van der Waals surface area contributed by atoms with Crippen molar-refractivity contribution >= 4 is 18.3 Å². The van der Waals surface area contributed by atoms with Gasteiger partial charge in [-0.1, -0.05) is 83.9 Å². The van der Waals surface area contributed by atoms with Crippen molar-refractivity contribution in [3.63, 3.8) is 0 Å². The normalized spacial score (nSPS) is 22.2. The maximum Gasteiger partial charge on any atom is 0.302 e. The van der Waals surface area contributed by atoms with Crippen LogP contribution >= 0.6 is 0 Å². The summed E-state index contributed by atoms with van der Waals surface area (Å²) in [7, 11) is 3.49. The monoisotopic (exact) mass is 593 g/mol. The van der Waals surface area contributed by atoms with Crippen LogP contribution < -0.4 is 5.32 Å². The molecule has 1 saturated carbocycles. The summed E-state index contributed by atoms with van der Waals surface area (Å²) in [5, 5.41) is 2.53. The number of hydrogen-bond donors (Lipinski definition) is 1. The number of carbonyl (C=O) groups is 3. The molecule has 6 heteroatoms. The molecule has 0 radical (unpaired) electrons. The second-order valence-electron chi connectivity index (χ2n) is 10.8. The van der Waals surface area contributed by atoms with Crippen molar-refractivity contribution in [3.8, 4) is 0 Å². The Kier molecular flexibility index (Phi) is 28.8. The summed E-state index contributed by atoms with van der Waals surface area (Å²) in [4.78, 5) is 35.2. The van der Waals surface area contributed by atoms with Crippen molar-refractivity contribution in [2.75, 3.05) is 20.6 Å². The van der Waals surface area contributed by atoms with E-state index in [1.807, 2.05) is 41.7 Å². The number of carbonyl (C=O) groups excluding carboxylic acids is 3. The predicted molar refractivity (Wildman–Crippen MR) is 181 cm³/mol. The minimum atomic E-state index is -0.201. The maximum atomic E-state index is 11.8. The molecule has 0 bridgehead atoms. The number of hydrogen-bond acceptors (Lipinski definition) is 4. The molecule has 1 N–H and O–H groups in total. The molecule has 0 aliphatic heterocycles. The molecule has 1 fully saturated rings. The molecule has 6 nitrogen and oxygen atoms in total. The lowest BCUT2D eigenvalue weighted by molar-refractivity contribution is -0.147. The summed E-state index contributed by atoms with van der Waals surface area (Å²) < 4.78 is 5.78. The van der Waals surface area contributed by atoms with Gasteiger partial charge >= 0.3 is 5.97 Å². The summed E-state index contributed by atoms with van der Waals surface area (Å²) in [5.74, 6) is 0.632. The molecular weight excluding hydrogens is 524 g/mol.